The van der Waals surface area contributed by atoms with E-state index in [0.29, 0.717) is 16.8 Å². The molecule has 12 heteroatoms. The van der Waals surface area contributed by atoms with E-state index in [1.807, 2.05) is 0 Å². The minimum atomic E-state index is -1.90. The predicted octanol–water partition coefficient (Wildman–Crippen LogP) is 2.29. The lowest BCUT2D eigenvalue weighted by atomic mass is 9.76. The number of esters is 1. The van der Waals surface area contributed by atoms with Crippen LogP contribution in [0.1, 0.15) is 33.2 Å². The first-order chi connectivity index (χ1) is 19.2. The van der Waals surface area contributed by atoms with Crippen LogP contribution in [0.2, 0.25) is 0 Å². The molecule has 2 saturated heterocycles. The highest BCUT2D eigenvalue weighted by atomic mass is 16.6. The summed E-state index contributed by atoms with van der Waals surface area (Å²) in [6.07, 6.45) is 1.32. The van der Waals surface area contributed by atoms with Crippen molar-refractivity contribution in [2.45, 2.75) is 24.5 Å². The number of carboxylic acids is 1. The minimum Gasteiger partial charge on any atom is -0.480 e. The van der Waals surface area contributed by atoms with Crippen LogP contribution in [0.25, 0.3) is 0 Å². The number of carbonyl (C=O) groups is 4. The van der Waals surface area contributed by atoms with E-state index in [-0.39, 0.29) is 24.2 Å². The Bertz CT molecular complexity index is 1490. The van der Waals surface area contributed by atoms with Crippen molar-refractivity contribution in [3.8, 4) is 0 Å². The molecule has 40 heavy (non-hydrogen) atoms. The van der Waals surface area contributed by atoms with E-state index in [1.165, 1.54) is 49.7 Å². The van der Waals surface area contributed by atoms with Crippen molar-refractivity contribution < 1.29 is 33.9 Å². The molecule has 2 N–H and O–H groups in total. The van der Waals surface area contributed by atoms with Gasteiger partial charge in [-0.2, -0.15) is 0 Å². The summed E-state index contributed by atoms with van der Waals surface area (Å²) >= 11 is 0. The second-order valence-electron chi connectivity index (χ2n) is 9.70. The molecule has 0 radical (unpaired) electrons. The van der Waals surface area contributed by atoms with E-state index in [1.54, 1.807) is 30.3 Å². The average Bonchev–Trinajstić information content (AvgIpc) is 3.43. The van der Waals surface area contributed by atoms with Crippen LogP contribution in [-0.2, 0) is 32.1 Å². The number of non-ortho nitro benzene ring substituents is 1. The fourth-order valence-electron chi connectivity index (χ4n) is 5.60. The second kappa shape index (κ2) is 10.3. The summed E-state index contributed by atoms with van der Waals surface area (Å²) in [4.78, 5) is 68.3. The Morgan fingerprint density at radius 1 is 1.07 bits per heavy atom. The van der Waals surface area contributed by atoms with Crippen LogP contribution in [0.5, 0.6) is 0 Å². The number of imide groups is 1. The molecule has 2 aliphatic heterocycles. The van der Waals surface area contributed by atoms with Gasteiger partial charge >= 0.3 is 11.9 Å². The van der Waals surface area contributed by atoms with Crippen LogP contribution in [0.15, 0.2) is 72.9 Å². The number of nitrogens with one attached hydrogen (secondary N) is 1. The van der Waals surface area contributed by atoms with E-state index in [2.05, 4.69) is 10.3 Å². The number of nitro groups is 1. The molecule has 2 amide bonds. The lowest BCUT2D eigenvalue weighted by Gasteiger charge is -2.31. The molecule has 4 unspecified atom stereocenters. The van der Waals surface area contributed by atoms with Gasteiger partial charge in [0.05, 0.1) is 41.7 Å². The van der Waals surface area contributed by atoms with E-state index >= 15 is 0 Å². The molecule has 0 aliphatic carbocycles. The molecule has 0 bridgehead atoms. The zero-order chi connectivity index (χ0) is 28.6. The van der Waals surface area contributed by atoms with Gasteiger partial charge in [0.1, 0.15) is 5.54 Å². The molecule has 204 valence electrons. The quantitative estimate of drug-likeness (QED) is 0.186. The van der Waals surface area contributed by atoms with Crippen LogP contribution >= 0.6 is 0 Å². The Morgan fingerprint density at radius 2 is 1.77 bits per heavy atom. The number of methoxy groups -OCH3 is 1. The standard InChI is InChI=1S/C28H24N4O8/c1-40-26(35)18-9-7-17(8-10-18)23-21-22(25(34)31(24(21)33)15-19-4-2-3-13-29-19)28(30-23,27(36)37)14-16-5-11-20(12-6-16)32(38)39/h2-13,21-23,30H,14-15H2,1H3,(H,36,37). The number of rotatable bonds is 8. The maximum Gasteiger partial charge on any atom is 0.337 e. The van der Waals surface area contributed by atoms with Crippen molar-refractivity contribution in [1.82, 2.24) is 15.2 Å². The number of aliphatic carboxylic acids is 1. The topological polar surface area (TPSA) is 169 Å². The molecular weight excluding hydrogens is 520 g/mol. The second-order valence-corrected chi connectivity index (χ2v) is 9.70. The van der Waals surface area contributed by atoms with Gasteiger partial charge in [-0.1, -0.05) is 30.3 Å². The molecule has 5 rings (SSSR count). The van der Waals surface area contributed by atoms with Crippen molar-refractivity contribution in [2.24, 2.45) is 11.8 Å². The maximum atomic E-state index is 13.8. The highest BCUT2D eigenvalue weighted by Crippen LogP contribution is 2.50. The van der Waals surface area contributed by atoms with E-state index < -0.39 is 52.1 Å². The van der Waals surface area contributed by atoms with Gasteiger partial charge in [-0.3, -0.25) is 39.7 Å². The number of hydrogen-bond acceptors (Lipinski definition) is 9. The molecular formula is C28H24N4O8. The fraction of sp³-hybridized carbons (Fsp3) is 0.250. The number of aromatic nitrogens is 1. The van der Waals surface area contributed by atoms with Gasteiger partial charge in [0.2, 0.25) is 11.8 Å². The lowest BCUT2D eigenvalue weighted by Crippen LogP contribution is -2.57. The number of pyridine rings is 1. The molecule has 4 atom stereocenters. The Morgan fingerprint density at radius 3 is 2.35 bits per heavy atom. The molecule has 2 aliphatic rings. The first-order valence-electron chi connectivity index (χ1n) is 12.3. The summed E-state index contributed by atoms with van der Waals surface area (Å²) in [7, 11) is 1.25. The molecule has 0 saturated carbocycles. The molecule has 0 spiro atoms. The number of nitrogens with zero attached hydrogens (tertiary/aromatic N) is 3. The van der Waals surface area contributed by atoms with Crippen LogP contribution in [0, 0.1) is 22.0 Å². The summed E-state index contributed by atoms with van der Waals surface area (Å²) in [5, 5.41) is 24.8. The summed E-state index contributed by atoms with van der Waals surface area (Å²) in [6.45, 7) is -0.118. The number of carbonyl (C=O) groups excluding carboxylic acids is 3. The minimum absolute atomic E-state index is 0.118. The Balaban J connectivity index is 1.58. The van der Waals surface area contributed by atoms with Crippen molar-refractivity contribution in [2.75, 3.05) is 7.11 Å². The number of amides is 2. The smallest absolute Gasteiger partial charge is 0.337 e. The molecule has 3 heterocycles. The van der Waals surface area contributed by atoms with Crippen LogP contribution in [-0.4, -0.2) is 56.3 Å². The maximum absolute atomic E-state index is 13.8. The fourth-order valence-corrected chi connectivity index (χ4v) is 5.60. The van der Waals surface area contributed by atoms with Gasteiger partial charge in [0.15, 0.2) is 0 Å². The predicted molar refractivity (Wildman–Crippen MR) is 138 cm³/mol. The highest BCUT2D eigenvalue weighted by Gasteiger charge is 2.68. The van der Waals surface area contributed by atoms with Crippen molar-refractivity contribution in [3.63, 3.8) is 0 Å². The zero-order valence-electron chi connectivity index (χ0n) is 21.2. The molecule has 2 fully saturated rings. The van der Waals surface area contributed by atoms with E-state index in [9.17, 15) is 34.4 Å². The third kappa shape index (κ3) is 4.47. The Kier molecular flexibility index (Phi) is 6.86. The third-order valence-electron chi connectivity index (χ3n) is 7.49. The largest absolute Gasteiger partial charge is 0.480 e. The summed E-state index contributed by atoms with van der Waals surface area (Å²) in [6, 6.07) is 15.8. The molecule has 1 aromatic heterocycles. The number of hydrogen-bond donors (Lipinski definition) is 2. The monoisotopic (exact) mass is 544 g/mol. The highest BCUT2D eigenvalue weighted by molar-refractivity contribution is 6.09. The number of carboxylic acid groups (broad SMARTS) is 1. The number of ether oxygens (including phenoxy) is 1. The Hall–Kier alpha value is -4.97. The average molecular weight is 545 g/mol. The SMILES string of the molecule is COC(=O)c1ccc(C2NC(Cc3ccc([N+](=O)[O-])cc3)(C(=O)O)C3C(=O)N(Cc4ccccn4)C(=O)C23)cc1. The van der Waals surface area contributed by atoms with Gasteiger partial charge in [0.25, 0.3) is 5.69 Å². The van der Waals surface area contributed by atoms with Gasteiger partial charge in [-0.15, -0.1) is 0 Å². The van der Waals surface area contributed by atoms with Gasteiger partial charge in [-0.25, -0.2) is 4.79 Å². The van der Waals surface area contributed by atoms with Gasteiger partial charge in [0, 0.05) is 30.8 Å². The van der Waals surface area contributed by atoms with Crippen molar-refractivity contribution >= 4 is 29.4 Å². The lowest BCUT2D eigenvalue weighted by molar-refractivity contribution is -0.384. The van der Waals surface area contributed by atoms with E-state index in [4.69, 9.17) is 4.74 Å². The number of likely N-dealkylation sites (tertiary alicyclic amines) is 1. The molecule has 3 aromatic rings. The first-order valence-corrected chi connectivity index (χ1v) is 12.3. The first kappa shape index (κ1) is 26.6. The number of benzene rings is 2. The third-order valence-corrected chi connectivity index (χ3v) is 7.49. The summed E-state index contributed by atoms with van der Waals surface area (Å²) < 4.78 is 4.74. The Labute approximate surface area is 227 Å². The number of fused-ring (bicyclic) bond motifs is 1. The summed E-state index contributed by atoms with van der Waals surface area (Å²) in [5.41, 5.74) is -0.394. The molecule has 12 nitrogen and oxygen atoms in total. The van der Waals surface area contributed by atoms with Gasteiger partial charge in [-0.05, 0) is 35.4 Å². The number of nitro benzene ring substituents is 1. The van der Waals surface area contributed by atoms with Crippen molar-refractivity contribution in [1.29, 1.82) is 0 Å². The van der Waals surface area contributed by atoms with Crippen LogP contribution in [0.4, 0.5) is 5.69 Å². The van der Waals surface area contributed by atoms with Crippen LogP contribution in [0.3, 0.4) is 0 Å². The van der Waals surface area contributed by atoms with Crippen molar-refractivity contribution in [3.05, 3.63) is 105 Å². The van der Waals surface area contributed by atoms with E-state index in [0.717, 1.165) is 4.90 Å². The zero-order valence-corrected chi connectivity index (χ0v) is 21.2. The van der Waals surface area contributed by atoms with Gasteiger partial charge < -0.3 is 9.84 Å². The summed E-state index contributed by atoms with van der Waals surface area (Å²) in [5.74, 6) is -5.42. The molecule has 2 aromatic carbocycles. The normalized spacial score (nSPS) is 23.6. The van der Waals surface area contributed by atoms with Crippen LogP contribution < -0.4 is 5.32 Å².